The fourth-order valence-electron chi connectivity index (χ4n) is 3.52. The summed E-state index contributed by atoms with van der Waals surface area (Å²) in [4.78, 5) is 21.8. The van der Waals surface area contributed by atoms with Crippen LogP contribution in [-0.2, 0) is 9.59 Å². The molecule has 0 aromatic rings. The summed E-state index contributed by atoms with van der Waals surface area (Å²) in [5.41, 5.74) is 0. The van der Waals surface area contributed by atoms with Crippen LogP contribution in [0, 0.1) is 11.3 Å². The van der Waals surface area contributed by atoms with Crippen LogP contribution < -0.4 is 10.6 Å². The highest BCUT2D eigenvalue weighted by molar-refractivity contribution is 7.99. The van der Waals surface area contributed by atoms with Crippen LogP contribution in [0.1, 0.15) is 81.6 Å². The molecule has 154 valence electrons. The molecule has 0 heterocycles. The summed E-state index contributed by atoms with van der Waals surface area (Å²) in [5, 5.41) is 22.8. The lowest BCUT2D eigenvalue weighted by Crippen LogP contribution is -2.41. The third-order valence-electron chi connectivity index (χ3n) is 4.93. The van der Waals surface area contributed by atoms with Crippen LogP contribution >= 0.6 is 11.8 Å². The van der Waals surface area contributed by atoms with Gasteiger partial charge in [-0.3, -0.25) is 4.79 Å². The number of nitriles is 1. The van der Waals surface area contributed by atoms with Gasteiger partial charge in [0.25, 0.3) is 0 Å². The molecule has 0 aliphatic heterocycles. The van der Waals surface area contributed by atoms with Crippen molar-refractivity contribution in [2.45, 2.75) is 95.6 Å². The minimum atomic E-state index is -2.86. The van der Waals surface area contributed by atoms with Crippen LogP contribution in [-0.4, -0.2) is 46.6 Å². The molecule has 1 amide bonds. The van der Waals surface area contributed by atoms with Crippen molar-refractivity contribution in [1.29, 1.82) is 5.26 Å². The second-order valence-electron chi connectivity index (χ2n) is 7.18. The lowest BCUT2D eigenvalue weighted by atomic mass is 9.91. The molecular formula is C20H35N3O3S. The van der Waals surface area contributed by atoms with Crippen molar-refractivity contribution in [3.63, 3.8) is 0 Å². The first-order valence-electron chi connectivity index (χ1n) is 11.5. The zero-order valence-electron chi connectivity index (χ0n) is 19.0. The maximum Gasteiger partial charge on any atom is 0.327 e. The number of nitrogens with zero attached hydrogens (tertiary/aromatic N) is 1. The molecule has 0 aromatic heterocycles. The first-order valence-corrected chi connectivity index (χ1v) is 11.1. The van der Waals surface area contributed by atoms with E-state index in [9.17, 15) is 9.59 Å². The topological polar surface area (TPSA) is 102 Å². The SMILES string of the molecule is C1CCC(NC2CCCCC2)CC1.[2H]C([2H])([2H])C(=O)N[C@@H](CSCCC#N)C(=O)O. The standard InChI is InChI=1S/C12H23N.C8H12N2O3S/c1-3-7-11(8-4-1)13-12-9-5-2-6-10-12;1-6(11)10-7(8(12)13)5-14-4-2-3-9/h11-13H,1-10H2;7H,2,4-5H2,1H3,(H,10,11)(H,12,13)/t;7-/m.0/s1/i;1D3. The molecule has 0 unspecified atom stereocenters. The molecule has 7 heteroatoms. The molecular weight excluding hydrogens is 362 g/mol. The zero-order chi connectivity index (χ0) is 22.4. The summed E-state index contributed by atoms with van der Waals surface area (Å²) < 4.78 is 20.4. The highest BCUT2D eigenvalue weighted by atomic mass is 32.2. The number of carbonyl (C=O) groups is 2. The Balaban J connectivity index is 0.000000308. The summed E-state index contributed by atoms with van der Waals surface area (Å²) in [5.74, 6) is -2.12. The lowest BCUT2D eigenvalue weighted by Gasteiger charge is -2.30. The Morgan fingerprint density at radius 2 is 1.70 bits per heavy atom. The molecule has 0 saturated heterocycles. The van der Waals surface area contributed by atoms with Gasteiger partial charge in [-0.1, -0.05) is 38.5 Å². The van der Waals surface area contributed by atoms with Crippen molar-refractivity contribution in [3.05, 3.63) is 0 Å². The Morgan fingerprint density at radius 3 is 2.15 bits per heavy atom. The number of aliphatic carboxylic acids is 1. The van der Waals surface area contributed by atoms with Crippen molar-refractivity contribution < 1.29 is 18.8 Å². The van der Waals surface area contributed by atoms with E-state index >= 15 is 0 Å². The van der Waals surface area contributed by atoms with Gasteiger partial charge >= 0.3 is 5.97 Å². The van der Waals surface area contributed by atoms with Gasteiger partial charge in [0.2, 0.25) is 5.91 Å². The van der Waals surface area contributed by atoms with Crippen LogP contribution in [0.25, 0.3) is 0 Å². The number of carbonyl (C=O) groups excluding carboxylic acids is 1. The van der Waals surface area contributed by atoms with Crippen molar-refractivity contribution in [2.24, 2.45) is 0 Å². The number of amides is 1. The molecule has 2 saturated carbocycles. The predicted octanol–water partition coefficient (Wildman–Crippen LogP) is 3.46. The lowest BCUT2D eigenvalue weighted by molar-refractivity contribution is -0.140. The highest BCUT2D eigenvalue weighted by Crippen LogP contribution is 2.22. The Kier molecular flexibility index (Phi) is 10.4. The van der Waals surface area contributed by atoms with Crippen LogP contribution in [0.5, 0.6) is 0 Å². The van der Waals surface area contributed by atoms with Gasteiger partial charge in [0.05, 0.1) is 6.07 Å². The largest absolute Gasteiger partial charge is 0.480 e. The molecule has 0 spiro atoms. The zero-order valence-corrected chi connectivity index (χ0v) is 16.9. The van der Waals surface area contributed by atoms with Crippen molar-refractivity contribution in [3.8, 4) is 6.07 Å². The molecule has 2 rings (SSSR count). The second kappa shape index (κ2) is 14.8. The van der Waals surface area contributed by atoms with Crippen molar-refractivity contribution in [1.82, 2.24) is 10.6 Å². The third-order valence-corrected chi connectivity index (χ3v) is 5.99. The van der Waals surface area contributed by atoms with Gasteiger partial charge in [-0.15, -0.1) is 0 Å². The summed E-state index contributed by atoms with van der Waals surface area (Å²) in [6.45, 7) is -2.86. The first kappa shape index (κ1) is 19.1. The quantitative estimate of drug-likeness (QED) is 0.539. The van der Waals surface area contributed by atoms with Gasteiger partial charge in [0.1, 0.15) is 6.04 Å². The van der Waals surface area contributed by atoms with Gasteiger partial charge in [-0.05, 0) is 25.7 Å². The number of hydrogen-bond acceptors (Lipinski definition) is 5. The molecule has 0 bridgehead atoms. The molecule has 2 aliphatic carbocycles. The Labute approximate surface area is 172 Å². The van der Waals surface area contributed by atoms with E-state index in [0.717, 1.165) is 12.1 Å². The van der Waals surface area contributed by atoms with Crippen LogP contribution in [0.4, 0.5) is 0 Å². The van der Waals surface area contributed by atoms with Gasteiger partial charge in [-0.2, -0.15) is 17.0 Å². The number of hydrogen-bond donors (Lipinski definition) is 3. The number of thioether (sulfide) groups is 1. The minimum Gasteiger partial charge on any atom is -0.480 e. The summed E-state index contributed by atoms with van der Waals surface area (Å²) in [6, 6.07) is 2.38. The number of carboxylic acid groups (broad SMARTS) is 1. The monoisotopic (exact) mass is 400 g/mol. The molecule has 2 aliphatic rings. The van der Waals surface area contributed by atoms with Crippen LogP contribution in [0.3, 0.4) is 0 Å². The summed E-state index contributed by atoms with van der Waals surface area (Å²) >= 11 is 1.17. The summed E-state index contributed by atoms with van der Waals surface area (Å²) in [7, 11) is 0. The van der Waals surface area contributed by atoms with Gasteiger partial charge in [0, 0.05) is 41.0 Å². The van der Waals surface area contributed by atoms with Gasteiger partial charge in [-0.25, -0.2) is 4.79 Å². The van der Waals surface area contributed by atoms with Crippen molar-refractivity contribution >= 4 is 23.6 Å². The smallest absolute Gasteiger partial charge is 0.327 e. The maximum atomic E-state index is 11.1. The predicted molar refractivity (Wildman–Crippen MR) is 110 cm³/mol. The minimum absolute atomic E-state index is 0.0266. The Hall–Kier alpha value is -1.26. The van der Waals surface area contributed by atoms with E-state index in [1.54, 1.807) is 0 Å². The van der Waals surface area contributed by atoms with E-state index in [-0.39, 0.29) is 12.2 Å². The molecule has 0 radical (unpaired) electrons. The average molecular weight is 401 g/mol. The molecule has 2 fully saturated rings. The normalized spacial score (nSPS) is 21.4. The van der Waals surface area contributed by atoms with Gasteiger partial charge in [0.15, 0.2) is 0 Å². The molecule has 27 heavy (non-hydrogen) atoms. The van der Waals surface area contributed by atoms with Crippen LogP contribution in [0.15, 0.2) is 0 Å². The van der Waals surface area contributed by atoms with E-state index in [1.807, 2.05) is 11.4 Å². The maximum absolute atomic E-state index is 11.1. The number of carboxylic acids is 1. The Morgan fingerprint density at radius 1 is 1.15 bits per heavy atom. The van der Waals surface area contributed by atoms with E-state index in [2.05, 4.69) is 5.32 Å². The second-order valence-corrected chi connectivity index (χ2v) is 8.33. The average Bonchev–Trinajstić information content (AvgIpc) is 2.71. The number of rotatable bonds is 8. The van der Waals surface area contributed by atoms with Crippen LogP contribution in [0.2, 0.25) is 0 Å². The van der Waals surface area contributed by atoms with E-state index < -0.39 is 24.8 Å². The molecule has 0 aromatic carbocycles. The molecule has 3 N–H and O–H groups in total. The van der Waals surface area contributed by atoms with E-state index in [1.165, 1.54) is 76.0 Å². The first-order chi connectivity index (χ1) is 14.2. The molecule has 1 atom stereocenters. The van der Waals surface area contributed by atoms with E-state index in [0.29, 0.717) is 5.75 Å². The fraction of sp³-hybridized carbons (Fsp3) is 0.850. The van der Waals surface area contributed by atoms with Gasteiger partial charge < -0.3 is 15.7 Å². The number of nitrogens with one attached hydrogen (secondary N) is 2. The third kappa shape index (κ3) is 11.9. The molecule has 6 nitrogen and oxygen atoms in total. The van der Waals surface area contributed by atoms with E-state index in [4.69, 9.17) is 14.5 Å². The fourth-order valence-corrected chi connectivity index (χ4v) is 4.39. The Bertz CT molecular complexity index is 542. The van der Waals surface area contributed by atoms with Crippen molar-refractivity contribution in [2.75, 3.05) is 11.5 Å². The highest BCUT2D eigenvalue weighted by Gasteiger charge is 2.19. The summed E-state index contributed by atoms with van der Waals surface area (Å²) in [6.07, 6.45) is 14.8.